The topological polar surface area (TPSA) is 38.9 Å². The molecule has 0 aromatic carbocycles. The molecule has 0 bridgehead atoms. The Morgan fingerprint density at radius 3 is 2.91 bits per heavy atom. The normalized spacial score (nSPS) is 13.0. The molecule has 1 aromatic heterocycles. The highest BCUT2D eigenvalue weighted by Crippen LogP contribution is 2.11. The fraction of sp³-hybridized carbons (Fsp3) is 0.286. The number of hydrogen-bond acceptors (Lipinski definition) is 2. The minimum absolute atomic E-state index is 0.120. The monoisotopic (exact) mass is 158 g/mol. The largest absolute Gasteiger partial charge is 0.322 e. The second-order valence-corrected chi connectivity index (χ2v) is 2.14. The average Bonchev–Trinajstić information content (AvgIpc) is 2.04. The van der Waals surface area contributed by atoms with Crippen molar-refractivity contribution < 1.29 is 8.78 Å². The van der Waals surface area contributed by atoms with Crippen molar-refractivity contribution in [3.63, 3.8) is 0 Å². The van der Waals surface area contributed by atoms with Gasteiger partial charge in [0.05, 0.1) is 6.04 Å². The smallest absolute Gasteiger partial charge is 0.217 e. The summed E-state index contributed by atoms with van der Waals surface area (Å²) in [5.74, 6) is -0.697. The summed E-state index contributed by atoms with van der Waals surface area (Å²) < 4.78 is 24.6. The molecule has 0 aliphatic carbocycles. The molecule has 0 spiro atoms. The Balaban J connectivity index is 2.93. The first-order valence-corrected chi connectivity index (χ1v) is 3.17. The van der Waals surface area contributed by atoms with E-state index in [2.05, 4.69) is 4.98 Å². The zero-order chi connectivity index (χ0) is 8.27. The standard InChI is InChI=1S/C7H8F2N2/c8-4-6(10)5-2-1-3-11-7(5)9/h1-3,6H,4,10H2/t6-/m1/s1. The molecule has 1 atom stereocenters. The van der Waals surface area contributed by atoms with Gasteiger partial charge in [-0.25, -0.2) is 9.37 Å². The van der Waals surface area contributed by atoms with Gasteiger partial charge >= 0.3 is 0 Å². The quantitative estimate of drug-likeness (QED) is 0.656. The highest BCUT2D eigenvalue weighted by Gasteiger charge is 2.10. The molecular weight excluding hydrogens is 150 g/mol. The molecule has 0 unspecified atom stereocenters. The van der Waals surface area contributed by atoms with E-state index in [1.165, 1.54) is 18.3 Å². The van der Waals surface area contributed by atoms with Crippen LogP contribution in [0, 0.1) is 5.95 Å². The highest BCUT2D eigenvalue weighted by atomic mass is 19.1. The van der Waals surface area contributed by atoms with E-state index < -0.39 is 18.7 Å². The molecule has 0 aliphatic heterocycles. The number of halogens is 2. The zero-order valence-corrected chi connectivity index (χ0v) is 5.80. The van der Waals surface area contributed by atoms with Crippen molar-refractivity contribution in [2.45, 2.75) is 6.04 Å². The fourth-order valence-electron chi connectivity index (χ4n) is 0.758. The highest BCUT2D eigenvalue weighted by molar-refractivity contribution is 5.14. The van der Waals surface area contributed by atoms with Gasteiger partial charge < -0.3 is 5.73 Å². The number of nitrogens with two attached hydrogens (primary N) is 1. The van der Waals surface area contributed by atoms with Crippen LogP contribution >= 0.6 is 0 Å². The second-order valence-electron chi connectivity index (χ2n) is 2.14. The molecule has 0 saturated heterocycles. The van der Waals surface area contributed by atoms with Crippen molar-refractivity contribution in [1.29, 1.82) is 0 Å². The molecule has 1 heterocycles. The van der Waals surface area contributed by atoms with Gasteiger partial charge in [0.2, 0.25) is 5.95 Å². The molecule has 4 heteroatoms. The van der Waals surface area contributed by atoms with Gasteiger partial charge in [-0.1, -0.05) is 6.07 Å². The third-order valence-electron chi connectivity index (χ3n) is 1.35. The number of rotatable bonds is 2. The average molecular weight is 158 g/mol. The van der Waals surface area contributed by atoms with E-state index >= 15 is 0 Å². The summed E-state index contributed by atoms with van der Waals surface area (Å²) in [5, 5.41) is 0. The molecule has 60 valence electrons. The molecule has 2 N–H and O–H groups in total. The molecule has 1 rings (SSSR count). The van der Waals surface area contributed by atoms with Crippen LogP contribution in [-0.4, -0.2) is 11.7 Å². The first-order valence-electron chi connectivity index (χ1n) is 3.17. The Morgan fingerprint density at radius 2 is 2.36 bits per heavy atom. The Morgan fingerprint density at radius 1 is 1.64 bits per heavy atom. The van der Waals surface area contributed by atoms with Crippen molar-refractivity contribution >= 4 is 0 Å². The van der Waals surface area contributed by atoms with Crippen molar-refractivity contribution in [3.05, 3.63) is 29.8 Å². The summed E-state index contributed by atoms with van der Waals surface area (Å²) in [7, 11) is 0. The van der Waals surface area contributed by atoms with Gasteiger partial charge in [-0.3, -0.25) is 0 Å². The molecule has 1 aromatic rings. The minimum Gasteiger partial charge on any atom is -0.322 e. The third kappa shape index (κ3) is 1.71. The van der Waals surface area contributed by atoms with Crippen LogP contribution in [0.15, 0.2) is 18.3 Å². The van der Waals surface area contributed by atoms with Crippen LogP contribution in [0.1, 0.15) is 11.6 Å². The Labute approximate surface area is 63.1 Å². The van der Waals surface area contributed by atoms with Gasteiger partial charge in [-0.2, -0.15) is 4.39 Å². The first kappa shape index (κ1) is 8.07. The Hall–Kier alpha value is -1.03. The maximum atomic E-state index is 12.7. The summed E-state index contributed by atoms with van der Waals surface area (Å²) in [4.78, 5) is 3.33. The maximum Gasteiger partial charge on any atom is 0.217 e. The van der Waals surface area contributed by atoms with E-state index in [1.54, 1.807) is 0 Å². The fourth-order valence-corrected chi connectivity index (χ4v) is 0.758. The van der Waals surface area contributed by atoms with E-state index in [1.807, 2.05) is 0 Å². The van der Waals surface area contributed by atoms with E-state index in [4.69, 9.17) is 5.73 Å². The lowest BCUT2D eigenvalue weighted by atomic mass is 10.1. The number of hydrogen-bond donors (Lipinski definition) is 1. The predicted molar refractivity (Wildman–Crippen MR) is 37.1 cm³/mol. The lowest BCUT2D eigenvalue weighted by molar-refractivity contribution is 0.422. The maximum absolute atomic E-state index is 12.7. The van der Waals surface area contributed by atoms with Crippen LogP contribution in [0.2, 0.25) is 0 Å². The molecule has 0 radical (unpaired) electrons. The zero-order valence-electron chi connectivity index (χ0n) is 5.80. The molecule has 2 nitrogen and oxygen atoms in total. The number of nitrogens with zero attached hydrogens (tertiary/aromatic N) is 1. The van der Waals surface area contributed by atoms with Gasteiger partial charge in [0.15, 0.2) is 0 Å². The number of aromatic nitrogens is 1. The van der Waals surface area contributed by atoms with Crippen LogP contribution in [0.5, 0.6) is 0 Å². The van der Waals surface area contributed by atoms with E-state index in [9.17, 15) is 8.78 Å². The molecule has 0 fully saturated rings. The van der Waals surface area contributed by atoms with Gasteiger partial charge in [-0.15, -0.1) is 0 Å². The van der Waals surface area contributed by atoms with E-state index in [0.717, 1.165) is 0 Å². The van der Waals surface area contributed by atoms with Crippen molar-refractivity contribution in [2.75, 3.05) is 6.67 Å². The molecule has 0 saturated carbocycles. The van der Waals surface area contributed by atoms with Crippen molar-refractivity contribution in [3.8, 4) is 0 Å². The van der Waals surface area contributed by atoms with Crippen LogP contribution in [0.4, 0.5) is 8.78 Å². The lowest BCUT2D eigenvalue weighted by Crippen LogP contribution is -2.14. The van der Waals surface area contributed by atoms with Gasteiger partial charge in [0.1, 0.15) is 6.67 Å². The first-order chi connectivity index (χ1) is 5.25. The van der Waals surface area contributed by atoms with Gasteiger partial charge in [0.25, 0.3) is 0 Å². The SMILES string of the molecule is N[C@H](CF)c1cccnc1F. The van der Waals surface area contributed by atoms with Crippen LogP contribution in [0.25, 0.3) is 0 Å². The minimum atomic E-state index is -0.899. The van der Waals surface area contributed by atoms with Crippen LogP contribution in [-0.2, 0) is 0 Å². The Kier molecular flexibility index (Phi) is 2.48. The molecule has 0 amide bonds. The predicted octanol–water partition coefficient (Wildman–Crippen LogP) is 1.19. The summed E-state index contributed by atoms with van der Waals surface area (Å²) in [6.07, 6.45) is 1.30. The summed E-state index contributed by atoms with van der Waals surface area (Å²) >= 11 is 0. The lowest BCUT2D eigenvalue weighted by Gasteiger charge is -2.06. The number of pyridine rings is 1. The van der Waals surface area contributed by atoms with Crippen LogP contribution in [0.3, 0.4) is 0 Å². The van der Waals surface area contributed by atoms with E-state index in [-0.39, 0.29) is 5.56 Å². The number of alkyl halides is 1. The van der Waals surface area contributed by atoms with E-state index in [0.29, 0.717) is 0 Å². The van der Waals surface area contributed by atoms with Crippen molar-refractivity contribution in [2.24, 2.45) is 5.73 Å². The Bertz CT molecular complexity index is 240. The van der Waals surface area contributed by atoms with Crippen LogP contribution < -0.4 is 5.73 Å². The van der Waals surface area contributed by atoms with Crippen molar-refractivity contribution in [1.82, 2.24) is 4.98 Å². The van der Waals surface area contributed by atoms with Gasteiger partial charge in [-0.05, 0) is 6.07 Å². The molecule has 11 heavy (non-hydrogen) atoms. The third-order valence-corrected chi connectivity index (χ3v) is 1.35. The molecular formula is C7H8F2N2. The summed E-state index contributed by atoms with van der Waals surface area (Å²) in [5.41, 5.74) is 5.36. The van der Waals surface area contributed by atoms with Gasteiger partial charge in [0, 0.05) is 11.8 Å². The summed E-state index contributed by atoms with van der Waals surface area (Å²) in [6.45, 7) is -0.775. The summed E-state index contributed by atoms with van der Waals surface area (Å²) in [6, 6.07) is 2.05. The molecule has 0 aliphatic rings. The second kappa shape index (κ2) is 3.39.